The normalized spacial score (nSPS) is 29.1. The number of rotatable bonds is 2. The van der Waals surface area contributed by atoms with E-state index in [1.807, 2.05) is 18.2 Å². The molecule has 7 nitrogen and oxygen atoms in total. The number of nitriles is 1. The highest BCUT2D eigenvalue weighted by Gasteiger charge is 2.65. The Labute approximate surface area is 166 Å². The first-order valence-corrected chi connectivity index (χ1v) is 9.58. The maximum absolute atomic E-state index is 9.34. The van der Waals surface area contributed by atoms with Gasteiger partial charge in [-0.2, -0.15) is 5.26 Å². The van der Waals surface area contributed by atoms with Gasteiger partial charge in [0.05, 0.1) is 23.8 Å². The Kier molecular flexibility index (Phi) is 3.11. The van der Waals surface area contributed by atoms with Gasteiger partial charge in [-0.25, -0.2) is 15.0 Å². The molecule has 0 aliphatic carbocycles. The standard InChI is InChI=1S/C20H16ClN7/c21-17-8-15(7-13(10-22)25-17)26-6-4-16-18(24-12-23-16)19(26)20-9-14-3-1-2-5-27(14)28(20)11-20/h1-3,5,7-9,12,19H,4,6,11H2,(H,23,24)/t19-,20?,28?/m0/s1. The molecular weight excluding hydrogens is 374 g/mol. The molecule has 8 heteroatoms. The summed E-state index contributed by atoms with van der Waals surface area (Å²) in [6.07, 6.45) is 13.3. The second kappa shape index (κ2) is 5.47. The van der Waals surface area contributed by atoms with Gasteiger partial charge in [-0.15, -0.1) is 0 Å². The molecule has 0 radical (unpaired) electrons. The molecule has 0 aromatic carbocycles. The first-order chi connectivity index (χ1) is 13.7. The maximum Gasteiger partial charge on any atom is 0.144 e. The number of hydrogen-bond donors (Lipinski definition) is 1. The first kappa shape index (κ1) is 15.9. The number of hydrogen-bond acceptors (Lipinski definition) is 6. The van der Waals surface area contributed by atoms with E-state index >= 15 is 0 Å². The van der Waals surface area contributed by atoms with E-state index in [1.165, 1.54) is 11.4 Å². The van der Waals surface area contributed by atoms with Crippen LogP contribution in [-0.2, 0) is 6.42 Å². The van der Waals surface area contributed by atoms with E-state index in [2.05, 4.69) is 55.4 Å². The Balaban J connectivity index is 1.49. The van der Waals surface area contributed by atoms with Crippen molar-refractivity contribution in [1.29, 1.82) is 5.26 Å². The first-order valence-electron chi connectivity index (χ1n) is 9.21. The molecule has 6 heterocycles. The average molecular weight is 390 g/mol. The monoisotopic (exact) mass is 389 g/mol. The Morgan fingerprint density at radius 3 is 3.11 bits per heavy atom. The number of anilines is 1. The minimum absolute atomic E-state index is 0.0207. The maximum atomic E-state index is 9.34. The van der Waals surface area contributed by atoms with E-state index < -0.39 is 0 Å². The lowest BCUT2D eigenvalue weighted by atomic mass is 9.89. The van der Waals surface area contributed by atoms with E-state index in [9.17, 15) is 5.26 Å². The third kappa shape index (κ3) is 2.07. The Morgan fingerprint density at radius 1 is 1.32 bits per heavy atom. The molecule has 4 aliphatic heterocycles. The van der Waals surface area contributed by atoms with Gasteiger partial charge in [0.1, 0.15) is 22.5 Å². The second-order valence-electron chi connectivity index (χ2n) is 7.42. The van der Waals surface area contributed by atoms with Crippen LogP contribution in [0.4, 0.5) is 5.69 Å². The number of imidazole rings is 1. The van der Waals surface area contributed by atoms with Gasteiger partial charge in [-0.05, 0) is 30.4 Å². The van der Waals surface area contributed by atoms with Crippen LogP contribution in [0.3, 0.4) is 0 Å². The summed E-state index contributed by atoms with van der Waals surface area (Å²) in [4.78, 5) is 14.4. The van der Waals surface area contributed by atoms with Crippen LogP contribution in [-0.4, -0.2) is 43.6 Å². The number of halogens is 1. The molecule has 1 saturated heterocycles. The number of allylic oxidation sites excluding steroid dienone is 3. The van der Waals surface area contributed by atoms with Crippen LogP contribution in [0.15, 0.2) is 54.7 Å². The average Bonchev–Trinajstić information content (AvgIpc) is 3.09. The Morgan fingerprint density at radius 2 is 2.25 bits per heavy atom. The lowest BCUT2D eigenvalue weighted by Crippen LogP contribution is -2.44. The number of H-pyrrole nitrogens is 1. The fraction of sp³-hybridized carbons (Fsp3) is 0.250. The van der Waals surface area contributed by atoms with Crippen LogP contribution in [0.5, 0.6) is 0 Å². The predicted octanol–water partition coefficient (Wildman–Crippen LogP) is 2.69. The van der Waals surface area contributed by atoms with Crippen molar-refractivity contribution >= 4 is 17.3 Å². The van der Waals surface area contributed by atoms with Gasteiger partial charge in [0.2, 0.25) is 0 Å². The van der Waals surface area contributed by atoms with Crippen LogP contribution in [0.2, 0.25) is 5.15 Å². The summed E-state index contributed by atoms with van der Waals surface area (Å²) in [7, 11) is 0. The minimum Gasteiger partial charge on any atom is -0.360 e. The fourth-order valence-electron chi connectivity index (χ4n) is 4.71. The van der Waals surface area contributed by atoms with Crippen molar-refractivity contribution in [3.8, 4) is 6.07 Å². The van der Waals surface area contributed by atoms with E-state index in [1.54, 1.807) is 6.33 Å². The van der Waals surface area contributed by atoms with Crippen LogP contribution in [0, 0.1) is 11.3 Å². The molecule has 4 aliphatic rings. The number of nitrogens with zero attached hydrogens (tertiary/aromatic N) is 6. The molecule has 6 rings (SSSR count). The topological polar surface area (TPSA) is 74.8 Å². The summed E-state index contributed by atoms with van der Waals surface area (Å²) in [6, 6.07) is 5.79. The van der Waals surface area contributed by atoms with E-state index in [-0.39, 0.29) is 11.6 Å². The van der Waals surface area contributed by atoms with Crippen LogP contribution in [0.25, 0.3) is 0 Å². The minimum atomic E-state index is -0.165. The van der Waals surface area contributed by atoms with Crippen molar-refractivity contribution in [2.45, 2.75) is 18.0 Å². The Hall–Kier alpha value is -3.08. The number of aromatic nitrogens is 3. The lowest BCUT2D eigenvalue weighted by molar-refractivity contribution is 0.186. The largest absolute Gasteiger partial charge is 0.360 e. The molecule has 1 fully saturated rings. The van der Waals surface area contributed by atoms with Gasteiger partial charge >= 0.3 is 0 Å². The van der Waals surface area contributed by atoms with Crippen molar-refractivity contribution in [2.24, 2.45) is 0 Å². The number of fused-ring (bicyclic) bond motifs is 4. The molecule has 28 heavy (non-hydrogen) atoms. The van der Waals surface area contributed by atoms with Crippen LogP contribution < -0.4 is 4.90 Å². The number of aromatic amines is 1. The smallest absolute Gasteiger partial charge is 0.144 e. The molecule has 0 saturated carbocycles. The van der Waals surface area contributed by atoms with Gasteiger partial charge in [0.25, 0.3) is 0 Å². The third-order valence-electron chi connectivity index (χ3n) is 5.93. The lowest BCUT2D eigenvalue weighted by Gasteiger charge is -2.40. The van der Waals surface area contributed by atoms with Gasteiger partial charge in [0.15, 0.2) is 0 Å². The molecule has 2 unspecified atom stereocenters. The molecule has 138 valence electrons. The summed E-state index contributed by atoms with van der Waals surface area (Å²) in [5.74, 6) is 0. The zero-order valence-corrected chi connectivity index (χ0v) is 15.6. The quantitative estimate of drug-likeness (QED) is 0.628. The molecule has 2 aromatic rings. The summed E-state index contributed by atoms with van der Waals surface area (Å²) >= 11 is 6.22. The number of nitrogens with one attached hydrogen (secondary N) is 1. The van der Waals surface area contributed by atoms with Crippen LogP contribution in [0.1, 0.15) is 23.1 Å². The molecule has 1 N–H and O–H groups in total. The summed E-state index contributed by atoms with van der Waals surface area (Å²) in [6.45, 7) is 1.74. The number of pyridine rings is 1. The van der Waals surface area contributed by atoms with Crippen molar-refractivity contribution in [3.63, 3.8) is 0 Å². The van der Waals surface area contributed by atoms with Gasteiger partial charge < -0.3 is 9.88 Å². The zero-order valence-electron chi connectivity index (χ0n) is 14.9. The predicted molar refractivity (Wildman–Crippen MR) is 104 cm³/mol. The Bertz CT molecular complexity index is 1120. The molecule has 2 aromatic heterocycles. The highest BCUT2D eigenvalue weighted by atomic mass is 35.5. The van der Waals surface area contributed by atoms with E-state index in [0.717, 1.165) is 30.9 Å². The molecular formula is C20H16ClN7. The van der Waals surface area contributed by atoms with Gasteiger partial charge in [-0.1, -0.05) is 17.7 Å². The van der Waals surface area contributed by atoms with Crippen molar-refractivity contribution < 1.29 is 0 Å². The highest BCUT2D eigenvalue weighted by molar-refractivity contribution is 6.29. The van der Waals surface area contributed by atoms with Crippen molar-refractivity contribution in [2.75, 3.05) is 18.0 Å². The summed E-state index contributed by atoms with van der Waals surface area (Å²) < 4.78 is 0. The number of hydrazine groups is 1. The fourth-order valence-corrected chi connectivity index (χ4v) is 4.92. The molecule has 0 spiro atoms. The highest BCUT2D eigenvalue weighted by Crippen LogP contribution is 2.56. The zero-order chi connectivity index (χ0) is 18.9. The van der Waals surface area contributed by atoms with Crippen molar-refractivity contribution in [1.82, 2.24) is 25.0 Å². The molecule has 0 bridgehead atoms. The van der Waals surface area contributed by atoms with Gasteiger partial charge in [-0.3, -0.25) is 5.01 Å². The molecule has 0 amide bonds. The van der Waals surface area contributed by atoms with E-state index in [0.29, 0.717) is 10.8 Å². The SMILES string of the molecule is N#Cc1cc(N2CCc3[nH]cnc3[C@H]2C23C=C4C=CC=CN4N2C3)cc(Cl)n1. The van der Waals surface area contributed by atoms with E-state index in [4.69, 9.17) is 16.6 Å². The molecule has 3 atom stereocenters. The van der Waals surface area contributed by atoms with Crippen molar-refractivity contribution in [3.05, 3.63) is 76.9 Å². The van der Waals surface area contributed by atoms with Gasteiger partial charge in [0, 0.05) is 37.1 Å². The second-order valence-corrected chi connectivity index (χ2v) is 7.81. The van der Waals surface area contributed by atoms with Crippen LogP contribution >= 0.6 is 11.6 Å². The third-order valence-corrected chi connectivity index (χ3v) is 6.13. The summed E-state index contributed by atoms with van der Waals surface area (Å²) in [5.41, 5.74) is 4.49. The summed E-state index contributed by atoms with van der Waals surface area (Å²) in [5, 5.41) is 14.2.